The maximum Gasteiger partial charge on any atom is 0.181 e. The van der Waals surface area contributed by atoms with E-state index in [2.05, 4.69) is 15.6 Å². The van der Waals surface area contributed by atoms with Crippen molar-refractivity contribution in [2.75, 3.05) is 92.9 Å². The molecule has 0 aromatic carbocycles. The van der Waals surface area contributed by atoms with E-state index in [1.807, 2.05) is 7.05 Å². The molecular weight excluding hydrogens is 396 g/mol. The number of ketones is 1. The summed E-state index contributed by atoms with van der Waals surface area (Å²) < 4.78 is 34.0. The van der Waals surface area contributed by atoms with Gasteiger partial charge in [-0.25, -0.2) is 4.68 Å². The van der Waals surface area contributed by atoms with Gasteiger partial charge in [-0.15, -0.1) is 5.10 Å². The fourth-order valence-corrected chi connectivity index (χ4v) is 2.10. The Kier molecular flexibility index (Phi) is 17.3. The average molecular weight is 433 g/mol. The maximum absolute atomic E-state index is 11.1. The summed E-state index contributed by atoms with van der Waals surface area (Å²) in [6.07, 6.45) is 1.61. The van der Waals surface area contributed by atoms with Crippen LogP contribution in [0, 0.1) is 0 Å². The molecule has 11 heteroatoms. The Bertz CT molecular complexity index is 531. The lowest BCUT2D eigenvalue weighted by Gasteiger charge is -2.08. The molecule has 0 atom stereocenters. The second kappa shape index (κ2) is 19.5. The molecule has 0 unspecified atom stereocenters. The van der Waals surface area contributed by atoms with Crippen LogP contribution in [0.4, 0.5) is 0 Å². The van der Waals surface area contributed by atoms with Crippen molar-refractivity contribution in [3.63, 3.8) is 0 Å². The third-order valence-electron chi connectivity index (χ3n) is 3.72. The first-order valence-corrected chi connectivity index (χ1v) is 10.3. The molecule has 11 nitrogen and oxygen atoms in total. The van der Waals surface area contributed by atoms with E-state index in [4.69, 9.17) is 28.4 Å². The minimum absolute atomic E-state index is 0.101. The van der Waals surface area contributed by atoms with Crippen molar-refractivity contribution < 1.29 is 33.2 Å². The molecule has 0 fully saturated rings. The van der Waals surface area contributed by atoms with Crippen LogP contribution in [0.1, 0.15) is 17.4 Å². The fraction of sp³-hybridized carbons (Fsp3) is 0.842. The first-order chi connectivity index (χ1) is 14.7. The molecule has 174 valence electrons. The number of nitrogens with zero attached hydrogens (tertiary/aromatic N) is 3. The van der Waals surface area contributed by atoms with E-state index < -0.39 is 0 Å². The van der Waals surface area contributed by atoms with E-state index in [0.717, 1.165) is 6.54 Å². The van der Waals surface area contributed by atoms with Crippen molar-refractivity contribution in [2.24, 2.45) is 0 Å². The maximum atomic E-state index is 11.1. The highest BCUT2D eigenvalue weighted by Crippen LogP contribution is 1.94. The summed E-state index contributed by atoms with van der Waals surface area (Å²) in [5, 5.41) is 10.6. The Morgan fingerprint density at radius 3 is 1.63 bits per heavy atom. The molecule has 1 heterocycles. The molecule has 1 aromatic heterocycles. The van der Waals surface area contributed by atoms with Gasteiger partial charge in [-0.1, -0.05) is 5.21 Å². The summed E-state index contributed by atoms with van der Waals surface area (Å²) in [4.78, 5) is 11.1. The predicted molar refractivity (Wildman–Crippen MR) is 109 cm³/mol. The largest absolute Gasteiger partial charge is 0.378 e. The van der Waals surface area contributed by atoms with Crippen LogP contribution in [0.5, 0.6) is 0 Å². The average Bonchev–Trinajstić information content (AvgIpc) is 3.22. The third kappa shape index (κ3) is 15.4. The lowest BCUT2D eigenvalue weighted by atomic mass is 10.3. The molecule has 0 aliphatic rings. The highest BCUT2D eigenvalue weighted by Gasteiger charge is 2.04. The number of hydrogen-bond acceptors (Lipinski definition) is 10. The van der Waals surface area contributed by atoms with Crippen LogP contribution in [0.25, 0.3) is 0 Å². The topological polar surface area (TPSA) is 115 Å². The van der Waals surface area contributed by atoms with Gasteiger partial charge in [0.1, 0.15) is 5.69 Å². The van der Waals surface area contributed by atoms with Gasteiger partial charge in [0.15, 0.2) is 5.78 Å². The number of aromatic nitrogens is 3. The molecule has 0 spiro atoms. The van der Waals surface area contributed by atoms with E-state index in [1.165, 1.54) is 6.92 Å². The lowest BCUT2D eigenvalue weighted by molar-refractivity contribution is -0.0169. The number of carbonyl (C=O) groups excluding carboxylic acids is 1. The monoisotopic (exact) mass is 432 g/mol. The zero-order valence-corrected chi connectivity index (χ0v) is 18.2. The molecule has 0 radical (unpaired) electrons. The van der Waals surface area contributed by atoms with Crippen LogP contribution in [0.15, 0.2) is 6.20 Å². The highest BCUT2D eigenvalue weighted by molar-refractivity contribution is 5.91. The molecular formula is C19H36N4O7. The highest BCUT2D eigenvalue weighted by atomic mass is 16.6. The van der Waals surface area contributed by atoms with E-state index >= 15 is 0 Å². The normalized spacial score (nSPS) is 11.3. The standard InChI is InChI=1S/C19H36N4O7/c1-18(24)19-17-23(22-21-19)4-6-26-8-10-28-12-14-30-16-15-29-13-11-27-9-7-25-5-3-20-2/h17,20H,3-16H2,1-2H3. The second-order valence-electron chi connectivity index (χ2n) is 6.20. The molecule has 0 aliphatic carbocycles. The third-order valence-corrected chi connectivity index (χ3v) is 3.72. The number of carbonyl (C=O) groups is 1. The van der Waals surface area contributed by atoms with Gasteiger partial charge in [0, 0.05) is 13.5 Å². The summed E-state index contributed by atoms with van der Waals surface area (Å²) in [6.45, 7) is 9.31. The van der Waals surface area contributed by atoms with Crippen LogP contribution >= 0.6 is 0 Å². The van der Waals surface area contributed by atoms with Crippen LogP contribution in [-0.4, -0.2) is 114 Å². The summed E-state index contributed by atoms with van der Waals surface area (Å²) in [5.74, 6) is -0.101. The SMILES string of the molecule is CNCCOCCOCCOCCOCCOCCOCCn1cc(C(C)=O)nn1. The Morgan fingerprint density at radius 2 is 1.23 bits per heavy atom. The van der Waals surface area contributed by atoms with Crippen molar-refractivity contribution in [1.82, 2.24) is 20.3 Å². The minimum Gasteiger partial charge on any atom is -0.378 e. The number of likely N-dealkylation sites (N-methyl/N-ethyl adjacent to an activating group) is 1. The molecule has 0 saturated heterocycles. The Labute approximate surface area is 178 Å². The summed E-state index contributed by atoms with van der Waals surface area (Å²) in [5.41, 5.74) is 0.360. The number of Topliss-reactive ketones (excluding diaryl/α,β-unsaturated/α-hetero) is 1. The molecule has 0 bridgehead atoms. The minimum atomic E-state index is -0.101. The first kappa shape index (κ1) is 26.6. The van der Waals surface area contributed by atoms with E-state index in [1.54, 1.807) is 10.9 Å². The number of ether oxygens (including phenoxy) is 6. The van der Waals surface area contributed by atoms with Crippen LogP contribution in [-0.2, 0) is 35.0 Å². The first-order valence-electron chi connectivity index (χ1n) is 10.3. The Morgan fingerprint density at radius 1 is 0.800 bits per heavy atom. The number of nitrogens with one attached hydrogen (secondary N) is 1. The zero-order chi connectivity index (χ0) is 21.7. The summed E-state index contributed by atoms with van der Waals surface area (Å²) in [6, 6.07) is 0. The van der Waals surface area contributed by atoms with Gasteiger partial charge < -0.3 is 33.7 Å². The van der Waals surface area contributed by atoms with E-state index in [-0.39, 0.29) is 5.78 Å². The van der Waals surface area contributed by atoms with Crippen molar-refractivity contribution in [2.45, 2.75) is 13.5 Å². The second-order valence-corrected chi connectivity index (χ2v) is 6.20. The molecule has 30 heavy (non-hydrogen) atoms. The van der Waals surface area contributed by atoms with Crippen molar-refractivity contribution in [3.8, 4) is 0 Å². The van der Waals surface area contributed by atoms with Gasteiger partial charge in [-0.3, -0.25) is 4.79 Å². The van der Waals surface area contributed by atoms with Gasteiger partial charge in [0.25, 0.3) is 0 Å². The number of hydrogen-bond donors (Lipinski definition) is 1. The molecule has 1 aromatic rings. The summed E-state index contributed by atoms with van der Waals surface area (Å²) in [7, 11) is 1.89. The van der Waals surface area contributed by atoms with E-state index in [0.29, 0.717) is 91.5 Å². The van der Waals surface area contributed by atoms with Gasteiger partial charge in [0.2, 0.25) is 0 Å². The Balaban J connectivity index is 1.72. The fourth-order valence-electron chi connectivity index (χ4n) is 2.10. The van der Waals surface area contributed by atoms with Gasteiger partial charge in [0.05, 0.1) is 92.0 Å². The van der Waals surface area contributed by atoms with Crippen molar-refractivity contribution >= 4 is 5.78 Å². The van der Waals surface area contributed by atoms with Gasteiger partial charge in [-0.05, 0) is 7.05 Å². The lowest BCUT2D eigenvalue weighted by Crippen LogP contribution is -2.17. The van der Waals surface area contributed by atoms with E-state index in [9.17, 15) is 4.79 Å². The van der Waals surface area contributed by atoms with Crippen molar-refractivity contribution in [3.05, 3.63) is 11.9 Å². The molecule has 0 aliphatic heterocycles. The molecule has 1 rings (SSSR count). The smallest absolute Gasteiger partial charge is 0.181 e. The van der Waals surface area contributed by atoms with Crippen LogP contribution in [0.2, 0.25) is 0 Å². The quantitative estimate of drug-likeness (QED) is 0.195. The summed E-state index contributed by atoms with van der Waals surface area (Å²) >= 11 is 0. The predicted octanol–water partition coefficient (Wildman–Crippen LogP) is -0.200. The zero-order valence-electron chi connectivity index (χ0n) is 18.2. The van der Waals surface area contributed by atoms with Crippen molar-refractivity contribution in [1.29, 1.82) is 0 Å². The van der Waals surface area contributed by atoms with Gasteiger partial charge in [-0.2, -0.15) is 0 Å². The Hall–Kier alpha value is -1.47. The molecule has 0 amide bonds. The number of rotatable bonds is 22. The molecule has 0 saturated carbocycles. The molecule has 1 N–H and O–H groups in total. The van der Waals surface area contributed by atoms with Crippen LogP contribution < -0.4 is 5.32 Å². The van der Waals surface area contributed by atoms with Crippen LogP contribution in [0.3, 0.4) is 0 Å². The van der Waals surface area contributed by atoms with Gasteiger partial charge >= 0.3 is 0 Å².